The molecule has 0 aromatic carbocycles. The Hall–Kier alpha value is -1.14. The highest BCUT2D eigenvalue weighted by atomic mass is 16.5. The van der Waals surface area contributed by atoms with Crippen molar-refractivity contribution in [2.45, 2.75) is 63.2 Å². The third kappa shape index (κ3) is 3.21. The van der Waals surface area contributed by atoms with Crippen LogP contribution < -0.4 is 0 Å². The van der Waals surface area contributed by atoms with Crippen molar-refractivity contribution in [2.24, 2.45) is 0 Å². The summed E-state index contributed by atoms with van der Waals surface area (Å²) >= 11 is 0. The molecule has 120 valence electrons. The summed E-state index contributed by atoms with van der Waals surface area (Å²) in [7, 11) is 1.66. The first-order valence-corrected chi connectivity index (χ1v) is 7.73. The molecule has 0 aromatic rings. The molecule has 6 nitrogen and oxygen atoms in total. The standard InChI is InChI=1S/C15H25NO5/c1-3-7-15(10-20-2)8-4-9-16(15)13(17)11-5-6-12(21-11)14(18)19/h11-12H,3-10H2,1-2H3,(H,18,19)/t11-,12+,15?/m0/s1. The van der Waals surface area contributed by atoms with Gasteiger partial charge in [0.25, 0.3) is 5.91 Å². The zero-order valence-corrected chi connectivity index (χ0v) is 12.8. The van der Waals surface area contributed by atoms with E-state index in [-0.39, 0.29) is 11.4 Å². The molecule has 2 fully saturated rings. The molecule has 0 aromatic heterocycles. The first-order valence-electron chi connectivity index (χ1n) is 7.73. The van der Waals surface area contributed by atoms with E-state index in [0.717, 1.165) is 25.7 Å². The maximum absolute atomic E-state index is 12.7. The van der Waals surface area contributed by atoms with E-state index in [1.54, 1.807) is 7.11 Å². The van der Waals surface area contributed by atoms with Gasteiger partial charge >= 0.3 is 5.97 Å². The minimum Gasteiger partial charge on any atom is -0.479 e. The van der Waals surface area contributed by atoms with E-state index in [1.807, 2.05) is 4.90 Å². The molecule has 2 heterocycles. The van der Waals surface area contributed by atoms with Crippen LogP contribution in [0.4, 0.5) is 0 Å². The van der Waals surface area contributed by atoms with Gasteiger partial charge in [0.15, 0.2) is 6.10 Å². The first-order chi connectivity index (χ1) is 10.0. The van der Waals surface area contributed by atoms with Gasteiger partial charge in [0, 0.05) is 13.7 Å². The largest absolute Gasteiger partial charge is 0.479 e. The number of carboxylic acid groups (broad SMARTS) is 1. The van der Waals surface area contributed by atoms with Gasteiger partial charge in [-0.1, -0.05) is 13.3 Å². The van der Waals surface area contributed by atoms with Gasteiger partial charge in [-0.05, 0) is 32.1 Å². The third-order valence-corrected chi connectivity index (χ3v) is 4.56. The molecular formula is C15H25NO5. The van der Waals surface area contributed by atoms with E-state index in [2.05, 4.69) is 6.92 Å². The molecule has 1 N–H and O–H groups in total. The molecule has 0 radical (unpaired) electrons. The fraction of sp³-hybridized carbons (Fsp3) is 0.867. The summed E-state index contributed by atoms with van der Waals surface area (Å²) in [6.45, 7) is 3.34. The Labute approximate surface area is 125 Å². The molecule has 0 spiro atoms. The predicted molar refractivity (Wildman–Crippen MR) is 76.0 cm³/mol. The lowest BCUT2D eigenvalue weighted by Gasteiger charge is -2.39. The summed E-state index contributed by atoms with van der Waals surface area (Å²) < 4.78 is 10.8. The second-order valence-corrected chi connectivity index (χ2v) is 6.03. The van der Waals surface area contributed by atoms with Gasteiger partial charge in [0.1, 0.15) is 6.10 Å². The molecule has 2 aliphatic heterocycles. The summed E-state index contributed by atoms with van der Waals surface area (Å²) in [6.07, 6.45) is 3.23. The van der Waals surface area contributed by atoms with E-state index in [1.165, 1.54) is 0 Å². The Bertz CT molecular complexity index is 392. The predicted octanol–water partition coefficient (Wildman–Crippen LogP) is 1.43. The number of rotatable bonds is 6. The van der Waals surface area contributed by atoms with Crippen molar-refractivity contribution in [3.8, 4) is 0 Å². The number of aliphatic carboxylic acids is 1. The van der Waals surface area contributed by atoms with Gasteiger partial charge in [-0.25, -0.2) is 4.79 Å². The van der Waals surface area contributed by atoms with E-state index in [4.69, 9.17) is 14.6 Å². The first kappa shape index (κ1) is 16.2. The Kier molecular flexibility index (Phi) is 5.22. The van der Waals surface area contributed by atoms with Gasteiger partial charge in [0.05, 0.1) is 12.1 Å². The topological polar surface area (TPSA) is 76.1 Å². The van der Waals surface area contributed by atoms with Crippen LogP contribution in [0.25, 0.3) is 0 Å². The van der Waals surface area contributed by atoms with Crippen molar-refractivity contribution < 1.29 is 24.2 Å². The number of carbonyl (C=O) groups excluding carboxylic acids is 1. The third-order valence-electron chi connectivity index (χ3n) is 4.56. The molecule has 0 aliphatic carbocycles. The highest BCUT2D eigenvalue weighted by Gasteiger charge is 2.46. The molecule has 21 heavy (non-hydrogen) atoms. The maximum Gasteiger partial charge on any atom is 0.332 e. The van der Waals surface area contributed by atoms with Gasteiger partial charge < -0.3 is 19.5 Å². The summed E-state index contributed by atoms with van der Waals surface area (Å²) in [6, 6.07) is 0. The minimum absolute atomic E-state index is 0.0678. The highest BCUT2D eigenvalue weighted by Crippen LogP contribution is 2.36. The van der Waals surface area contributed by atoms with Crippen molar-refractivity contribution in [1.82, 2.24) is 4.90 Å². The summed E-state index contributed by atoms with van der Waals surface area (Å²) in [5.41, 5.74) is -0.245. The average molecular weight is 299 g/mol. The highest BCUT2D eigenvalue weighted by molar-refractivity contribution is 5.83. The molecule has 1 unspecified atom stereocenters. The molecule has 0 saturated carbocycles. The van der Waals surface area contributed by atoms with Crippen LogP contribution in [0.3, 0.4) is 0 Å². The number of ether oxygens (including phenoxy) is 2. The van der Waals surface area contributed by atoms with Crippen molar-refractivity contribution in [1.29, 1.82) is 0 Å². The fourth-order valence-electron chi connectivity index (χ4n) is 3.67. The smallest absolute Gasteiger partial charge is 0.332 e. The van der Waals surface area contributed by atoms with Crippen molar-refractivity contribution in [2.75, 3.05) is 20.3 Å². The van der Waals surface area contributed by atoms with Gasteiger partial charge in [-0.15, -0.1) is 0 Å². The molecule has 0 bridgehead atoms. The fourth-order valence-corrected chi connectivity index (χ4v) is 3.67. The number of hydrogen-bond acceptors (Lipinski definition) is 4. The number of carbonyl (C=O) groups is 2. The van der Waals surface area contributed by atoms with Gasteiger partial charge in [-0.3, -0.25) is 4.79 Å². The zero-order chi connectivity index (χ0) is 15.5. The van der Waals surface area contributed by atoms with Crippen LogP contribution in [0, 0.1) is 0 Å². The second-order valence-electron chi connectivity index (χ2n) is 6.03. The SMILES string of the molecule is CCCC1(COC)CCCN1C(=O)[C@@H]1CC[C@H](C(=O)O)O1. The van der Waals surface area contributed by atoms with E-state index < -0.39 is 18.2 Å². The molecule has 2 rings (SSSR count). The minimum atomic E-state index is -0.983. The van der Waals surface area contributed by atoms with Crippen molar-refractivity contribution >= 4 is 11.9 Å². The summed E-state index contributed by atoms with van der Waals surface area (Å²) in [4.78, 5) is 25.6. The molecule has 3 atom stereocenters. The molecular weight excluding hydrogens is 274 g/mol. The lowest BCUT2D eigenvalue weighted by atomic mass is 9.91. The van der Waals surface area contributed by atoms with E-state index in [0.29, 0.717) is 26.0 Å². The van der Waals surface area contributed by atoms with Crippen LogP contribution in [0.5, 0.6) is 0 Å². The van der Waals surface area contributed by atoms with Gasteiger partial charge in [-0.2, -0.15) is 0 Å². The van der Waals surface area contributed by atoms with Crippen LogP contribution in [0.2, 0.25) is 0 Å². The Balaban J connectivity index is 2.08. The number of likely N-dealkylation sites (tertiary alicyclic amines) is 1. The lowest BCUT2D eigenvalue weighted by molar-refractivity contribution is -0.157. The molecule has 2 aliphatic rings. The number of carboxylic acids is 1. The average Bonchev–Trinajstić information content (AvgIpc) is 3.06. The number of nitrogens with zero attached hydrogens (tertiary/aromatic N) is 1. The van der Waals surface area contributed by atoms with Gasteiger partial charge in [0.2, 0.25) is 0 Å². The number of hydrogen-bond donors (Lipinski definition) is 1. The summed E-state index contributed by atoms with van der Waals surface area (Å²) in [5.74, 6) is -1.05. The van der Waals surface area contributed by atoms with E-state index in [9.17, 15) is 9.59 Å². The Morgan fingerprint density at radius 3 is 2.67 bits per heavy atom. The van der Waals surface area contributed by atoms with Crippen LogP contribution in [0.15, 0.2) is 0 Å². The van der Waals surface area contributed by atoms with E-state index >= 15 is 0 Å². The summed E-state index contributed by atoms with van der Waals surface area (Å²) in [5, 5.41) is 8.98. The lowest BCUT2D eigenvalue weighted by Crippen LogP contribution is -2.53. The Morgan fingerprint density at radius 2 is 2.10 bits per heavy atom. The monoisotopic (exact) mass is 299 g/mol. The normalized spacial score (nSPS) is 32.6. The zero-order valence-electron chi connectivity index (χ0n) is 12.8. The second kappa shape index (κ2) is 6.75. The number of methoxy groups -OCH3 is 1. The van der Waals surface area contributed by atoms with Crippen molar-refractivity contribution in [3.05, 3.63) is 0 Å². The van der Waals surface area contributed by atoms with Crippen LogP contribution >= 0.6 is 0 Å². The van der Waals surface area contributed by atoms with Crippen LogP contribution in [-0.2, 0) is 19.1 Å². The van der Waals surface area contributed by atoms with Crippen LogP contribution in [-0.4, -0.2) is 59.9 Å². The molecule has 6 heteroatoms. The van der Waals surface area contributed by atoms with Crippen LogP contribution in [0.1, 0.15) is 45.4 Å². The quantitative estimate of drug-likeness (QED) is 0.803. The van der Waals surface area contributed by atoms with Crippen molar-refractivity contribution in [3.63, 3.8) is 0 Å². The Morgan fingerprint density at radius 1 is 1.38 bits per heavy atom. The molecule has 2 saturated heterocycles. The maximum atomic E-state index is 12.7. The molecule has 1 amide bonds. The number of amides is 1.